The fraction of sp³-hybridized carbons (Fsp3) is 0.429. The first kappa shape index (κ1) is 16.7. The van der Waals surface area contributed by atoms with Gasteiger partial charge >= 0.3 is 0 Å². The number of hydrogen-bond donors (Lipinski definition) is 2. The molecule has 2 N–H and O–H groups in total. The molecule has 6 heteroatoms. The van der Waals surface area contributed by atoms with E-state index in [9.17, 15) is 4.79 Å². The molecule has 0 radical (unpaired) electrons. The Kier molecular flexibility index (Phi) is 4.30. The van der Waals surface area contributed by atoms with Crippen molar-refractivity contribution in [1.82, 2.24) is 20.1 Å². The van der Waals surface area contributed by atoms with Crippen LogP contribution in [0.15, 0.2) is 41.3 Å². The summed E-state index contributed by atoms with van der Waals surface area (Å²) in [5.41, 5.74) is 4.57. The normalized spacial score (nSPS) is 22.2. The van der Waals surface area contributed by atoms with Crippen molar-refractivity contribution in [3.63, 3.8) is 0 Å². The van der Waals surface area contributed by atoms with Crippen molar-refractivity contribution in [3.05, 3.63) is 63.7 Å². The number of aromatic amines is 1. The van der Waals surface area contributed by atoms with E-state index in [1.54, 1.807) is 10.7 Å². The van der Waals surface area contributed by atoms with E-state index in [1.807, 2.05) is 6.20 Å². The van der Waals surface area contributed by atoms with E-state index >= 15 is 0 Å². The quantitative estimate of drug-likeness (QED) is 0.745. The number of H-pyrrole nitrogens is 1. The summed E-state index contributed by atoms with van der Waals surface area (Å²) in [6.45, 7) is 1.87. The second-order valence-electron chi connectivity index (χ2n) is 7.60. The molecule has 6 nitrogen and oxygen atoms in total. The molecule has 2 aromatic heterocycles. The van der Waals surface area contributed by atoms with Crippen LogP contribution in [0.2, 0.25) is 0 Å². The molecule has 0 bridgehead atoms. The Morgan fingerprint density at radius 2 is 2.11 bits per heavy atom. The Bertz CT molecular complexity index is 1020. The van der Waals surface area contributed by atoms with E-state index in [0.717, 1.165) is 49.0 Å². The highest BCUT2D eigenvalue weighted by Crippen LogP contribution is 2.22. The molecule has 1 aliphatic carbocycles. The molecule has 0 amide bonds. The largest absolute Gasteiger partial charge is 0.377 e. The minimum absolute atomic E-state index is 0.00769. The molecular weight excluding hydrogens is 340 g/mol. The van der Waals surface area contributed by atoms with E-state index in [0.29, 0.717) is 13.2 Å². The molecule has 3 heterocycles. The van der Waals surface area contributed by atoms with Gasteiger partial charge in [-0.25, -0.2) is 4.68 Å². The number of hydrogen-bond acceptors (Lipinski definition) is 4. The van der Waals surface area contributed by atoms with E-state index in [-0.39, 0.29) is 17.6 Å². The van der Waals surface area contributed by atoms with Crippen molar-refractivity contribution in [2.45, 2.75) is 44.3 Å². The van der Waals surface area contributed by atoms with Crippen LogP contribution in [-0.2, 0) is 24.1 Å². The lowest BCUT2D eigenvalue weighted by molar-refractivity contribution is 0.180. The maximum atomic E-state index is 12.6. The highest BCUT2D eigenvalue weighted by Gasteiger charge is 2.31. The zero-order valence-electron chi connectivity index (χ0n) is 15.3. The van der Waals surface area contributed by atoms with Crippen molar-refractivity contribution in [2.75, 3.05) is 13.2 Å². The Balaban J connectivity index is 1.35. The number of aromatic nitrogens is 3. The van der Waals surface area contributed by atoms with Gasteiger partial charge in [-0.3, -0.25) is 4.79 Å². The fourth-order valence-electron chi connectivity index (χ4n) is 4.26. The van der Waals surface area contributed by atoms with Crippen LogP contribution in [0, 0.1) is 0 Å². The molecule has 2 unspecified atom stereocenters. The maximum Gasteiger partial charge on any atom is 0.267 e. The summed E-state index contributed by atoms with van der Waals surface area (Å²) in [6.07, 6.45) is 6.21. The lowest BCUT2D eigenvalue weighted by atomic mass is 9.97. The summed E-state index contributed by atoms with van der Waals surface area (Å²) in [4.78, 5) is 15.8. The molecule has 1 saturated heterocycles. The monoisotopic (exact) mass is 364 g/mol. The van der Waals surface area contributed by atoms with E-state index < -0.39 is 0 Å². The Morgan fingerprint density at radius 3 is 3.07 bits per heavy atom. The molecular formula is C21H24N4O2. The van der Waals surface area contributed by atoms with Gasteiger partial charge < -0.3 is 15.0 Å². The Morgan fingerprint density at radius 1 is 1.19 bits per heavy atom. The minimum atomic E-state index is -0.0549. The topological polar surface area (TPSA) is 71.9 Å². The number of fused-ring (bicyclic) bond motifs is 2. The fourth-order valence-corrected chi connectivity index (χ4v) is 4.26. The zero-order chi connectivity index (χ0) is 18.2. The molecule has 1 aromatic carbocycles. The van der Waals surface area contributed by atoms with Gasteiger partial charge in [-0.1, -0.05) is 6.07 Å². The van der Waals surface area contributed by atoms with Crippen LogP contribution in [0.1, 0.15) is 35.7 Å². The van der Waals surface area contributed by atoms with Crippen LogP contribution in [0.5, 0.6) is 0 Å². The van der Waals surface area contributed by atoms with Gasteiger partial charge in [0.1, 0.15) is 0 Å². The first-order valence-electron chi connectivity index (χ1n) is 9.77. The summed E-state index contributed by atoms with van der Waals surface area (Å²) < 4.78 is 7.36. The van der Waals surface area contributed by atoms with Gasteiger partial charge in [0.25, 0.3) is 5.56 Å². The highest BCUT2D eigenvalue weighted by molar-refractivity contribution is 5.79. The molecule has 0 saturated carbocycles. The van der Waals surface area contributed by atoms with Crippen LogP contribution >= 0.6 is 0 Å². The van der Waals surface area contributed by atoms with Crippen LogP contribution in [-0.4, -0.2) is 34.0 Å². The maximum absolute atomic E-state index is 12.6. The Labute approximate surface area is 157 Å². The average Bonchev–Trinajstić information content (AvgIpc) is 3.34. The third kappa shape index (κ3) is 3.19. The van der Waals surface area contributed by atoms with Crippen molar-refractivity contribution in [1.29, 1.82) is 0 Å². The van der Waals surface area contributed by atoms with Gasteiger partial charge in [-0.2, -0.15) is 5.10 Å². The minimum Gasteiger partial charge on any atom is -0.377 e. The van der Waals surface area contributed by atoms with Gasteiger partial charge in [0, 0.05) is 24.3 Å². The van der Waals surface area contributed by atoms with Crippen LogP contribution < -0.4 is 10.9 Å². The summed E-state index contributed by atoms with van der Waals surface area (Å²) in [6, 6.07) is 10.3. The second kappa shape index (κ2) is 6.94. The molecule has 5 rings (SSSR count). The lowest BCUT2D eigenvalue weighted by Crippen LogP contribution is -2.41. The van der Waals surface area contributed by atoms with E-state index in [1.165, 1.54) is 10.9 Å². The molecule has 27 heavy (non-hydrogen) atoms. The van der Waals surface area contributed by atoms with Crippen molar-refractivity contribution in [3.8, 4) is 0 Å². The summed E-state index contributed by atoms with van der Waals surface area (Å²) in [5.74, 6) is 0. The predicted octanol–water partition coefficient (Wildman–Crippen LogP) is 2.33. The van der Waals surface area contributed by atoms with Crippen LogP contribution in [0.25, 0.3) is 10.9 Å². The smallest absolute Gasteiger partial charge is 0.267 e. The first-order chi connectivity index (χ1) is 13.3. The second-order valence-corrected chi connectivity index (χ2v) is 7.60. The zero-order valence-corrected chi connectivity index (χ0v) is 15.3. The number of rotatable bonds is 4. The van der Waals surface area contributed by atoms with Crippen LogP contribution in [0.3, 0.4) is 0 Å². The summed E-state index contributed by atoms with van der Waals surface area (Å²) in [7, 11) is 0. The molecule has 140 valence electrons. The van der Waals surface area contributed by atoms with Gasteiger partial charge in [-0.05, 0) is 60.4 Å². The molecule has 2 atom stereocenters. The Hall–Kier alpha value is -2.44. The van der Waals surface area contributed by atoms with Gasteiger partial charge in [0.15, 0.2) is 0 Å². The molecule has 0 spiro atoms. The van der Waals surface area contributed by atoms with Crippen LogP contribution in [0.4, 0.5) is 0 Å². The highest BCUT2D eigenvalue weighted by atomic mass is 16.5. The van der Waals surface area contributed by atoms with Crippen molar-refractivity contribution in [2.24, 2.45) is 0 Å². The summed E-state index contributed by atoms with van der Waals surface area (Å²) >= 11 is 0. The molecule has 2 aliphatic rings. The average molecular weight is 364 g/mol. The van der Waals surface area contributed by atoms with Gasteiger partial charge in [-0.15, -0.1) is 0 Å². The SMILES string of the molecule is O=c1cc2c(nn1C1COCC1NCc1ccc3[nH]ccc3c1)CCCC2. The summed E-state index contributed by atoms with van der Waals surface area (Å²) in [5, 5.41) is 9.50. The number of nitrogens with one attached hydrogen (secondary N) is 2. The standard InChI is InChI=1S/C21H24N4O2/c26-21-10-15-3-1-2-4-18(15)24-25(21)20-13-27-12-19(20)23-11-14-5-6-17-16(9-14)7-8-22-17/h5-10,19-20,22-23H,1-4,11-13H2. The first-order valence-corrected chi connectivity index (χ1v) is 9.77. The number of nitrogens with zero attached hydrogens (tertiary/aromatic N) is 2. The lowest BCUT2D eigenvalue weighted by Gasteiger charge is -2.23. The molecule has 1 aliphatic heterocycles. The van der Waals surface area contributed by atoms with Crippen molar-refractivity contribution < 1.29 is 4.74 Å². The third-order valence-corrected chi connectivity index (χ3v) is 5.78. The van der Waals surface area contributed by atoms with E-state index in [2.05, 4.69) is 34.6 Å². The van der Waals surface area contributed by atoms with Gasteiger partial charge in [0.2, 0.25) is 0 Å². The van der Waals surface area contributed by atoms with E-state index in [4.69, 9.17) is 9.84 Å². The third-order valence-electron chi connectivity index (χ3n) is 5.78. The molecule has 1 fully saturated rings. The number of benzene rings is 1. The number of ether oxygens (including phenoxy) is 1. The van der Waals surface area contributed by atoms with Crippen molar-refractivity contribution >= 4 is 10.9 Å². The number of aryl methyl sites for hydroxylation is 2. The predicted molar refractivity (Wildman–Crippen MR) is 104 cm³/mol. The van der Waals surface area contributed by atoms with Gasteiger partial charge in [0.05, 0.1) is 31.0 Å². The molecule has 3 aromatic rings.